The molecule has 0 aliphatic heterocycles. The second-order valence-electron chi connectivity index (χ2n) is 7.87. The Morgan fingerprint density at radius 3 is 2.58 bits per heavy atom. The first-order chi connectivity index (χ1) is 17.5. The molecule has 0 saturated carbocycles. The average molecular weight is 503 g/mol. The van der Waals surface area contributed by atoms with Crippen LogP contribution in [-0.2, 0) is 22.4 Å². The first kappa shape index (κ1) is 24.6. The summed E-state index contributed by atoms with van der Waals surface area (Å²) in [6.45, 7) is 0. The third-order valence-corrected chi connectivity index (χ3v) is 6.70. The number of hydrazone groups is 1. The van der Waals surface area contributed by atoms with E-state index in [1.165, 1.54) is 24.7 Å². The molecule has 10 heteroatoms. The summed E-state index contributed by atoms with van der Waals surface area (Å²) in [6.07, 6.45) is 5.04. The van der Waals surface area contributed by atoms with Crippen LogP contribution in [0.2, 0.25) is 0 Å². The first-order valence-electron chi connectivity index (χ1n) is 11.1. The van der Waals surface area contributed by atoms with Crippen molar-refractivity contribution in [2.24, 2.45) is 5.10 Å². The number of amides is 2. The van der Waals surface area contributed by atoms with Crippen molar-refractivity contribution in [2.75, 3.05) is 12.4 Å². The SMILES string of the molecule is COc1ccc(C(=O)Oc2cccc(/C=N/NC(=O)C(=O)Nc3sc4c(c3C#N)CCCC4)c2)cc1. The molecule has 36 heavy (non-hydrogen) atoms. The molecule has 2 aromatic carbocycles. The van der Waals surface area contributed by atoms with Gasteiger partial charge in [0, 0.05) is 4.88 Å². The molecule has 182 valence electrons. The predicted octanol–water partition coefficient (Wildman–Crippen LogP) is 3.82. The monoisotopic (exact) mass is 502 g/mol. The van der Waals surface area contributed by atoms with E-state index in [2.05, 4.69) is 21.9 Å². The van der Waals surface area contributed by atoms with E-state index in [9.17, 15) is 19.6 Å². The van der Waals surface area contributed by atoms with Crippen molar-refractivity contribution in [3.63, 3.8) is 0 Å². The number of ether oxygens (including phenoxy) is 2. The smallest absolute Gasteiger partial charge is 0.343 e. The van der Waals surface area contributed by atoms with E-state index in [1.807, 2.05) is 0 Å². The number of thiophene rings is 1. The van der Waals surface area contributed by atoms with E-state index >= 15 is 0 Å². The van der Waals surface area contributed by atoms with Crippen molar-refractivity contribution in [3.8, 4) is 17.6 Å². The zero-order valence-corrected chi connectivity index (χ0v) is 20.2. The predicted molar refractivity (Wildman–Crippen MR) is 134 cm³/mol. The van der Waals surface area contributed by atoms with Crippen LogP contribution in [0.3, 0.4) is 0 Å². The summed E-state index contributed by atoms with van der Waals surface area (Å²) >= 11 is 1.34. The molecule has 0 fully saturated rings. The third kappa shape index (κ3) is 5.76. The number of nitriles is 1. The zero-order chi connectivity index (χ0) is 25.5. The maximum absolute atomic E-state index is 12.3. The number of nitrogens with one attached hydrogen (secondary N) is 2. The highest BCUT2D eigenvalue weighted by atomic mass is 32.1. The average Bonchev–Trinajstić information content (AvgIpc) is 3.25. The first-order valence-corrected chi connectivity index (χ1v) is 12.0. The Labute approximate surface area is 211 Å². The number of methoxy groups -OCH3 is 1. The second-order valence-corrected chi connectivity index (χ2v) is 8.98. The molecule has 0 atom stereocenters. The summed E-state index contributed by atoms with van der Waals surface area (Å²) in [5.41, 5.74) is 4.46. The molecule has 0 radical (unpaired) electrons. The van der Waals surface area contributed by atoms with E-state index in [1.54, 1.807) is 48.5 Å². The van der Waals surface area contributed by atoms with Gasteiger partial charge in [-0.05, 0) is 73.2 Å². The van der Waals surface area contributed by atoms with E-state index < -0.39 is 17.8 Å². The Morgan fingerprint density at radius 2 is 1.83 bits per heavy atom. The molecule has 2 amide bonds. The van der Waals surface area contributed by atoms with Crippen LogP contribution in [0.25, 0.3) is 0 Å². The molecule has 1 aromatic heterocycles. The number of carbonyl (C=O) groups is 3. The quantitative estimate of drug-likeness (QED) is 0.173. The molecule has 0 unspecified atom stereocenters. The largest absolute Gasteiger partial charge is 0.497 e. The van der Waals surface area contributed by atoms with Gasteiger partial charge in [-0.3, -0.25) is 9.59 Å². The van der Waals surface area contributed by atoms with Gasteiger partial charge in [0.05, 0.1) is 24.5 Å². The number of hydrogen-bond acceptors (Lipinski definition) is 8. The van der Waals surface area contributed by atoms with Gasteiger partial charge in [-0.25, -0.2) is 10.2 Å². The summed E-state index contributed by atoms with van der Waals surface area (Å²) in [4.78, 5) is 38.0. The van der Waals surface area contributed by atoms with Gasteiger partial charge in [0.2, 0.25) is 0 Å². The fraction of sp³-hybridized carbons (Fsp3) is 0.192. The third-order valence-electron chi connectivity index (χ3n) is 5.49. The van der Waals surface area contributed by atoms with E-state index in [-0.39, 0.29) is 5.75 Å². The van der Waals surface area contributed by atoms with Crippen LogP contribution in [0.4, 0.5) is 5.00 Å². The van der Waals surface area contributed by atoms with Gasteiger partial charge in [-0.2, -0.15) is 10.4 Å². The lowest BCUT2D eigenvalue weighted by Crippen LogP contribution is -2.32. The fourth-order valence-electron chi connectivity index (χ4n) is 3.70. The summed E-state index contributed by atoms with van der Waals surface area (Å²) < 4.78 is 10.5. The minimum Gasteiger partial charge on any atom is -0.497 e. The Hall–Kier alpha value is -4.49. The highest BCUT2D eigenvalue weighted by molar-refractivity contribution is 7.16. The summed E-state index contributed by atoms with van der Waals surface area (Å²) in [7, 11) is 1.54. The number of esters is 1. The number of rotatable bonds is 6. The second kappa shape index (κ2) is 11.3. The molecule has 3 aromatic rings. The van der Waals surface area contributed by atoms with Crippen LogP contribution < -0.4 is 20.2 Å². The van der Waals surface area contributed by atoms with Crippen molar-refractivity contribution in [1.29, 1.82) is 5.26 Å². The highest BCUT2D eigenvalue weighted by Gasteiger charge is 2.23. The molecular formula is C26H22N4O5S. The Kier molecular flexibility index (Phi) is 7.72. The number of aryl methyl sites for hydroxylation is 1. The van der Waals surface area contributed by atoms with Gasteiger partial charge >= 0.3 is 17.8 Å². The Morgan fingerprint density at radius 1 is 1.06 bits per heavy atom. The number of benzene rings is 2. The van der Waals surface area contributed by atoms with Gasteiger partial charge in [-0.15, -0.1) is 11.3 Å². The van der Waals surface area contributed by atoms with Crippen molar-refractivity contribution in [1.82, 2.24) is 5.43 Å². The van der Waals surface area contributed by atoms with Gasteiger partial charge in [0.1, 0.15) is 22.6 Å². The highest BCUT2D eigenvalue weighted by Crippen LogP contribution is 2.37. The van der Waals surface area contributed by atoms with Crippen LogP contribution in [-0.4, -0.2) is 31.1 Å². The molecule has 9 nitrogen and oxygen atoms in total. The maximum atomic E-state index is 12.3. The van der Waals surface area contributed by atoms with Crippen molar-refractivity contribution in [2.45, 2.75) is 25.7 Å². The van der Waals surface area contributed by atoms with Crippen molar-refractivity contribution in [3.05, 3.63) is 75.7 Å². The van der Waals surface area contributed by atoms with E-state index in [4.69, 9.17) is 9.47 Å². The molecule has 1 aliphatic rings. The van der Waals surface area contributed by atoms with Crippen LogP contribution in [0, 0.1) is 11.3 Å². The summed E-state index contributed by atoms with van der Waals surface area (Å²) in [6, 6.07) is 15.2. The van der Waals surface area contributed by atoms with Crippen LogP contribution in [0.1, 0.15) is 44.8 Å². The molecule has 0 saturated heterocycles. The molecule has 0 bridgehead atoms. The number of fused-ring (bicyclic) bond motifs is 1. The normalized spacial score (nSPS) is 12.3. The van der Waals surface area contributed by atoms with Crippen molar-refractivity contribution < 1.29 is 23.9 Å². The Balaban J connectivity index is 1.34. The van der Waals surface area contributed by atoms with E-state index in [0.717, 1.165) is 36.1 Å². The number of anilines is 1. The van der Waals surface area contributed by atoms with Gasteiger partial charge in [0.15, 0.2) is 0 Å². The minimum absolute atomic E-state index is 0.287. The van der Waals surface area contributed by atoms with Gasteiger partial charge < -0.3 is 14.8 Å². The fourth-order valence-corrected chi connectivity index (χ4v) is 4.93. The minimum atomic E-state index is -0.969. The van der Waals surface area contributed by atoms with Gasteiger partial charge in [-0.1, -0.05) is 12.1 Å². The van der Waals surface area contributed by atoms with Crippen LogP contribution in [0.5, 0.6) is 11.5 Å². The van der Waals surface area contributed by atoms with E-state index in [0.29, 0.717) is 27.4 Å². The summed E-state index contributed by atoms with van der Waals surface area (Å²) in [5.74, 6) is -1.51. The van der Waals surface area contributed by atoms with Gasteiger partial charge in [0.25, 0.3) is 0 Å². The lowest BCUT2D eigenvalue weighted by molar-refractivity contribution is -0.136. The zero-order valence-electron chi connectivity index (χ0n) is 19.4. The standard InChI is InChI=1S/C26H22N4O5S/c1-34-18-11-9-17(10-12-18)26(33)35-19-6-4-5-16(13-19)15-28-30-24(32)23(31)29-25-21(14-27)20-7-2-3-8-22(20)36-25/h4-6,9-13,15H,2-3,7-8H2,1H3,(H,29,31)(H,30,32)/b28-15+. The lowest BCUT2D eigenvalue weighted by atomic mass is 9.96. The van der Waals surface area contributed by atoms with Crippen LogP contribution >= 0.6 is 11.3 Å². The lowest BCUT2D eigenvalue weighted by Gasteiger charge is -2.09. The number of nitrogens with zero attached hydrogens (tertiary/aromatic N) is 2. The molecular weight excluding hydrogens is 480 g/mol. The summed E-state index contributed by atoms with van der Waals surface area (Å²) in [5, 5.41) is 16.2. The number of carbonyl (C=O) groups excluding carboxylic acids is 3. The molecule has 1 heterocycles. The molecule has 1 aliphatic carbocycles. The van der Waals surface area contributed by atoms with Crippen molar-refractivity contribution >= 4 is 40.3 Å². The number of hydrogen-bond donors (Lipinski definition) is 2. The topological polar surface area (TPSA) is 130 Å². The molecule has 0 spiro atoms. The molecule has 4 rings (SSSR count). The maximum Gasteiger partial charge on any atom is 0.343 e. The van der Waals surface area contributed by atoms with Crippen LogP contribution in [0.15, 0.2) is 53.6 Å². The molecule has 2 N–H and O–H groups in total. The Bertz CT molecular complexity index is 1370.